The molecular weight excluding hydrogens is 323 g/mol. The summed E-state index contributed by atoms with van der Waals surface area (Å²) in [6.07, 6.45) is -3.33. The summed E-state index contributed by atoms with van der Waals surface area (Å²) >= 11 is 0. The predicted octanol–water partition coefficient (Wildman–Crippen LogP) is 1.26. The summed E-state index contributed by atoms with van der Waals surface area (Å²) in [4.78, 5) is 17.3. The molecule has 1 saturated heterocycles. The molecule has 1 aliphatic heterocycles. The number of amides is 1. The first-order valence-corrected chi connectivity index (χ1v) is 7.58. The van der Waals surface area contributed by atoms with Crippen LogP contribution in [0.3, 0.4) is 0 Å². The maximum atomic E-state index is 12.9. The fraction of sp³-hybridized carbons (Fsp3) is 0.533. The van der Waals surface area contributed by atoms with Gasteiger partial charge in [0.15, 0.2) is 0 Å². The van der Waals surface area contributed by atoms with E-state index in [1.807, 2.05) is 6.07 Å². The van der Waals surface area contributed by atoms with Crippen LogP contribution < -0.4 is 16.0 Å². The lowest BCUT2D eigenvalue weighted by Crippen LogP contribution is -2.44. The van der Waals surface area contributed by atoms with Gasteiger partial charge in [0.1, 0.15) is 17.6 Å². The van der Waals surface area contributed by atoms with Crippen LogP contribution >= 0.6 is 0 Å². The van der Waals surface area contributed by atoms with Gasteiger partial charge in [0.25, 0.3) is 0 Å². The molecular formula is C15H18F3N5O. The number of nitrogens with zero attached hydrogens (tertiary/aromatic N) is 3. The van der Waals surface area contributed by atoms with Gasteiger partial charge in [-0.1, -0.05) is 0 Å². The van der Waals surface area contributed by atoms with E-state index in [2.05, 4.69) is 10.3 Å². The Balaban J connectivity index is 2.23. The fourth-order valence-electron chi connectivity index (χ4n) is 2.66. The molecule has 0 radical (unpaired) electrons. The van der Waals surface area contributed by atoms with E-state index in [4.69, 9.17) is 11.0 Å². The summed E-state index contributed by atoms with van der Waals surface area (Å²) in [5.41, 5.74) is 4.35. The number of pyridine rings is 1. The van der Waals surface area contributed by atoms with Crippen molar-refractivity contribution >= 4 is 11.7 Å². The highest BCUT2D eigenvalue weighted by molar-refractivity contribution is 5.79. The molecule has 24 heavy (non-hydrogen) atoms. The lowest BCUT2D eigenvalue weighted by Gasteiger charge is -2.33. The standard InChI is InChI=1S/C15H18F3N5O/c16-15(17,18)12-4-3-10(8-20)13(22-12)23-7-1-2-11(9-23)14(24)21-6-5-19/h3-4,11H,1-2,5-7,9,19H2,(H,21,24). The lowest BCUT2D eigenvalue weighted by atomic mass is 9.96. The number of aromatic nitrogens is 1. The Morgan fingerprint density at radius 1 is 1.50 bits per heavy atom. The molecule has 0 spiro atoms. The molecule has 2 rings (SSSR count). The van der Waals surface area contributed by atoms with Gasteiger partial charge in [-0.2, -0.15) is 18.4 Å². The molecule has 0 aromatic carbocycles. The average molecular weight is 341 g/mol. The SMILES string of the molecule is N#Cc1ccc(C(F)(F)F)nc1N1CCCC(C(=O)NCCN)C1. The molecule has 1 unspecified atom stereocenters. The van der Waals surface area contributed by atoms with Crippen molar-refractivity contribution in [2.24, 2.45) is 11.7 Å². The number of carbonyl (C=O) groups is 1. The number of rotatable bonds is 4. The molecule has 1 aliphatic rings. The van der Waals surface area contributed by atoms with E-state index in [1.165, 1.54) is 0 Å². The molecule has 0 bridgehead atoms. The summed E-state index contributed by atoms with van der Waals surface area (Å²) in [6, 6.07) is 3.76. The molecule has 1 fully saturated rings. The molecule has 3 N–H and O–H groups in total. The van der Waals surface area contributed by atoms with Crippen LogP contribution in [-0.4, -0.2) is 37.1 Å². The third kappa shape index (κ3) is 4.14. The smallest absolute Gasteiger partial charge is 0.355 e. The zero-order chi connectivity index (χ0) is 17.7. The Morgan fingerprint density at radius 2 is 2.25 bits per heavy atom. The number of alkyl halides is 3. The van der Waals surface area contributed by atoms with Crippen molar-refractivity contribution < 1.29 is 18.0 Å². The number of nitriles is 1. The predicted molar refractivity (Wildman–Crippen MR) is 81.0 cm³/mol. The number of halogens is 3. The highest BCUT2D eigenvalue weighted by Gasteiger charge is 2.34. The minimum atomic E-state index is -4.59. The van der Waals surface area contributed by atoms with E-state index in [1.54, 1.807) is 4.90 Å². The topological polar surface area (TPSA) is 95.0 Å². The Bertz CT molecular complexity index is 641. The maximum Gasteiger partial charge on any atom is 0.433 e. The largest absolute Gasteiger partial charge is 0.433 e. The molecule has 9 heteroatoms. The van der Waals surface area contributed by atoms with Crippen LogP contribution in [-0.2, 0) is 11.0 Å². The lowest BCUT2D eigenvalue weighted by molar-refractivity contribution is -0.141. The van der Waals surface area contributed by atoms with E-state index >= 15 is 0 Å². The van der Waals surface area contributed by atoms with Crippen LogP contribution in [0.2, 0.25) is 0 Å². The molecule has 1 aromatic heterocycles. The van der Waals surface area contributed by atoms with E-state index in [9.17, 15) is 18.0 Å². The first kappa shape index (κ1) is 18.0. The summed E-state index contributed by atoms with van der Waals surface area (Å²) in [6.45, 7) is 1.33. The van der Waals surface area contributed by atoms with Crippen LogP contribution in [0.25, 0.3) is 0 Å². The summed E-state index contributed by atoms with van der Waals surface area (Å²) in [5, 5.41) is 11.8. The van der Waals surface area contributed by atoms with E-state index < -0.39 is 11.9 Å². The Hall–Kier alpha value is -2.34. The Kier molecular flexibility index (Phi) is 5.62. The van der Waals surface area contributed by atoms with Gasteiger partial charge in [-0.05, 0) is 25.0 Å². The number of nitrogens with one attached hydrogen (secondary N) is 1. The first-order chi connectivity index (χ1) is 11.4. The second-order valence-corrected chi connectivity index (χ2v) is 5.54. The Labute approximate surface area is 137 Å². The highest BCUT2D eigenvalue weighted by atomic mass is 19.4. The first-order valence-electron chi connectivity index (χ1n) is 7.58. The fourth-order valence-corrected chi connectivity index (χ4v) is 2.66. The minimum Gasteiger partial charge on any atom is -0.355 e. The van der Waals surface area contributed by atoms with Crippen molar-refractivity contribution in [3.8, 4) is 6.07 Å². The molecule has 0 aliphatic carbocycles. The molecule has 1 atom stereocenters. The van der Waals surface area contributed by atoms with Crippen LogP contribution in [0.15, 0.2) is 12.1 Å². The number of carbonyl (C=O) groups excluding carboxylic acids is 1. The zero-order valence-electron chi connectivity index (χ0n) is 12.9. The number of piperidine rings is 1. The van der Waals surface area contributed by atoms with Gasteiger partial charge < -0.3 is 16.0 Å². The quantitative estimate of drug-likeness (QED) is 0.860. The molecule has 1 amide bonds. The molecule has 0 saturated carbocycles. The van der Waals surface area contributed by atoms with Crippen molar-refractivity contribution in [2.45, 2.75) is 19.0 Å². The number of hydrogen-bond donors (Lipinski definition) is 2. The number of nitrogens with two attached hydrogens (primary N) is 1. The van der Waals surface area contributed by atoms with E-state index in [0.717, 1.165) is 12.1 Å². The second kappa shape index (κ2) is 7.49. The maximum absolute atomic E-state index is 12.9. The Morgan fingerprint density at radius 3 is 2.88 bits per heavy atom. The third-order valence-corrected chi connectivity index (χ3v) is 3.82. The average Bonchev–Trinajstić information content (AvgIpc) is 2.58. The zero-order valence-corrected chi connectivity index (χ0v) is 12.9. The third-order valence-electron chi connectivity index (χ3n) is 3.82. The molecule has 1 aromatic rings. The highest BCUT2D eigenvalue weighted by Crippen LogP contribution is 2.31. The van der Waals surface area contributed by atoms with Gasteiger partial charge in [-0.25, -0.2) is 4.98 Å². The van der Waals surface area contributed by atoms with Crippen LogP contribution in [0, 0.1) is 17.2 Å². The van der Waals surface area contributed by atoms with Crippen molar-refractivity contribution in [2.75, 3.05) is 31.1 Å². The van der Waals surface area contributed by atoms with Crippen molar-refractivity contribution in [1.82, 2.24) is 10.3 Å². The van der Waals surface area contributed by atoms with Crippen LogP contribution in [0.4, 0.5) is 19.0 Å². The molecule has 2 heterocycles. The number of anilines is 1. The van der Waals surface area contributed by atoms with Crippen LogP contribution in [0.1, 0.15) is 24.1 Å². The van der Waals surface area contributed by atoms with Gasteiger partial charge in [0.2, 0.25) is 5.91 Å². The van der Waals surface area contributed by atoms with Crippen molar-refractivity contribution in [3.05, 3.63) is 23.4 Å². The van der Waals surface area contributed by atoms with Crippen molar-refractivity contribution in [1.29, 1.82) is 5.26 Å². The van der Waals surface area contributed by atoms with Crippen molar-refractivity contribution in [3.63, 3.8) is 0 Å². The van der Waals surface area contributed by atoms with Gasteiger partial charge in [-0.3, -0.25) is 4.79 Å². The summed E-state index contributed by atoms with van der Waals surface area (Å²) in [5.74, 6) is -0.576. The molecule has 130 valence electrons. The molecule has 6 nitrogen and oxygen atoms in total. The van der Waals surface area contributed by atoms with E-state index in [0.29, 0.717) is 32.5 Å². The van der Waals surface area contributed by atoms with Gasteiger partial charge >= 0.3 is 6.18 Å². The normalized spacial score (nSPS) is 18.1. The summed E-state index contributed by atoms with van der Waals surface area (Å²) < 4.78 is 38.6. The summed E-state index contributed by atoms with van der Waals surface area (Å²) in [7, 11) is 0. The van der Waals surface area contributed by atoms with E-state index in [-0.39, 0.29) is 29.8 Å². The van der Waals surface area contributed by atoms with Gasteiger partial charge in [0, 0.05) is 26.2 Å². The van der Waals surface area contributed by atoms with Gasteiger partial charge in [0.05, 0.1) is 11.5 Å². The minimum absolute atomic E-state index is 0.0244. The second-order valence-electron chi connectivity index (χ2n) is 5.54. The monoisotopic (exact) mass is 341 g/mol. The van der Waals surface area contributed by atoms with Gasteiger partial charge in [-0.15, -0.1) is 0 Å². The van der Waals surface area contributed by atoms with Crippen LogP contribution in [0.5, 0.6) is 0 Å². The number of hydrogen-bond acceptors (Lipinski definition) is 5.